The van der Waals surface area contributed by atoms with Crippen molar-refractivity contribution in [3.8, 4) is 0 Å². The van der Waals surface area contributed by atoms with Crippen LogP contribution in [0, 0.1) is 0 Å². The summed E-state index contributed by atoms with van der Waals surface area (Å²) >= 11 is 3.31. The third-order valence-electron chi connectivity index (χ3n) is 2.96. The Morgan fingerprint density at radius 2 is 2.10 bits per heavy atom. The molecule has 0 aliphatic rings. The molecule has 3 rings (SSSR count). The smallest absolute Gasteiger partial charge is 0.257 e. The lowest BCUT2D eigenvalue weighted by Crippen LogP contribution is -2.13. The minimum Gasteiger partial charge on any atom is -0.398 e. The number of amides is 1. The second-order valence-corrected chi connectivity index (χ2v) is 5.27. The van der Waals surface area contributed by atoms with E-state index >= 15 is 0 Å². The molecule has 5 nitrogen and oxygen atoms in total. The number of nitrogens with one attached hydrogen (secondary N) is 2. The van der Waals surface area contributed by atoms with E-state index in [-0.39, 0.29) is 5.91 Å². The van der Waals surface area contributed by atoms with Gasteiger partial charge in [-0.3, -0.25) is 9.89 Å². The van der Waals surface area contributed by atoms with Crippen molar-refractivity contribution in [2.75, 3.05) is 11.1 Å². The zero-order valence-electron chi connectivity index (χ0n) is 10.4. The van der Waals surface area contributed by atoms with Gasteiger partial charge in [0.1, 0.15) is 0 Å². The van der Waals surface area contributed by atoms with Gasteiger partial charge in [-0.1, -0.05) is 15.9 Å². The predicted octanol–water partition coefficient (Wildman–Crippen LogP) is 3.16. The molecule has 6 heteroatoms. The molecule has 1 amide bonds. The summed E-state index contributed by atoms with van der Waals surface area (Å²) in [5.74, 6) is -0.242. The van der Waals surface area contributed by atoms with E-state index < -0.39 is 0 Å². The van der Waals surface area contributed by atoms with Crippen LogP contribution in [0.25, 0.3) is 10.9 Å². The van der Waals surface area contributed by atoms with Crippen molar-refractivity contribution in [1.82, 2.24) is 10.2 Å². The van der Waals surface area contributed by atoms with Gasteiger partial charge in [0, 0.05) is 21.2 Å². The quantitative estimate of drug-likeness (QED) is 0.631. The van der Waals surface area contributed by atoms with Crippen molar-refractivity contribution in [3.05, 3.63) is 52.6 Å². The maximum absolute atomic E-state index is 12.2. The summed E-state index contributed by atoms with van der Waals surface area (Å²) in [5.41, 5.74) is 8.27. The fourth-order valence-electron chi connectivity index (χ4n) is 1.95. The van der Waals surface area contributed by atoms with Gasteiger partial charge in [0.05, 0.1) is 17.3 Å². The molecule has 0 aliphatic carbocycles. The van der Waals surface area contributed by atoms with E-state index in [0.29, 0.717) is 16.9 Å². The molecular formula is C14H11BrN4O. The number of aromatic nitrogens is 2. The highest BCUT2D eigenvalue weighted by atomic mass is 79.9. The number of aromatic amines is 1. The Balaban J connectivity index is 1.87. The fourth-order valence-corrected chi connectivity index (χ4v) is 2.33. The number of carbonyl (C=O) groups is 1. The maximum Gasteiger partial charge on any atom is 0.257 e. The Morgan fingerprint density at radius 1 is 1.25 bits per heavy atom. The molecule has 20 heavy (non-hydrogen) atoms. The number of anilines is 2. The monoisotopic (exact) mass is 330 g/mol. The number of hydrogen-bond donors (Lipinski definition) is 3. The summed E-state index contributed by atoms with van der Waals surface area (Å²) in [7, 11) is 0. The molecule has 1 heterocycles. The number of benzene rings is 2. The molecule has 3 aromatic rings. The van der Waals surface area contributed by atoms with Crippen LogP contribution in [-0.4, -0.2) is 16.1 Å². The summed E-state index contributed by atoms with van der Waals surface area (Å²) in [5, 5.41) is 10.6. The molecule has 0 unspecified atom stereocenters. The van der Waals surface area contributed by atoms with Crippen LogP contribution in [-0.2, 0) is 0 Å². The van der Waals surface area contributed by atoms with E-state index in [0.717, 1.165) is 15.4 Å². The van der Waals surface area contributed by atoms with Crippen LogP contribution in [0.5, 0.6) is 0 Å². The average molecular weight is 331 g/mol. The van der Waals surface area contributed by atoms with Crippen molar-refractivity contribution in [2.24, 2.45) is 0 Å². The Kier molecular flexibility index (Phi) is 3.15. The molecule has 0 fully saturated rings. The Labute approximate surface area is 123 Å². The first-order valence-electron chi connectivity index (χ1n) is 5.93. The molecule has 2 aromatic carbocycles. The van der Waals surface area contributed by atoms with E-state index in [1.165, 1.54) is 0 Å². The summed E-state index contributed by atoms with van der Waals surface area (Å²) in [6, 6.07) is 10.7. The van der Waals surface area contributed by atoms with Crippen LogP contribution in [0.1, 0.15) is 10.4 Å². The minimum absolute atomic E-state index is 0.242. The van der Waals surface area contributed by atoms with Crippen molar-refractivity contribution in [2.45, 2.75) is 0 Å². The van der Waals surface area contributed by atoms with E-state index in [2.05, 4.69) is 31.4 Å². The summed E-state index contributed by atoms with van der Waals surface area (Å²) < 4.78 is 0.838. The molecule has 100 valence electrons. The average Bonchev–Trinajstić information content (AvgIpc) is 2.85. The van der Waals surface area contributed by atoms with Crippen LogP contribution >= 0.6 is 15.9 Å². The summed E-state index contributed by atoms with van der Waals surface area (Å²) in [6.07, 6.45) is 1.73. The highest BCUT2D eigenvalue weighted by Crippen LogP contribution is 2.21. The number of nitrogen functional groups attached to an aromatic ring is 1. The van der Waals surface area contributed by atoms with Gasteiger partial charge in [-0.15, -0.1) is 0 Å². The molecule has 4 N–H and O–H groups in total. The van der Waals surface area contributed by atoms with Gasteiger partial charge in [-0.05, 0) is 36.4 Å². The van der Waals surface area contributed by atoms with Crippen molar-refractivity contribution >= 4 is 44.1 Å². The first-order chi connectivity index (χ1) is 9.63. The lowest BCUT2D eigenvalue weighted by atomic mass is 10.1. The molecule has 0 spiro atoms. The first-order valence-corrected chi connectivity index (χ1v) is 6.72. The topological polar surface area (TPSA) is 83.8 Å². The second-order valence-electron chi connectivity index (χ2n) is 4.36. The van der Waals surface area contributed by atoms with Gasteiger partial charge in [0.2, 0.25) is 0 Å². The van der Waals surface area contributed by atoms with Crippen LogP contribution in [0.15, 0.2) is 47.1 Å². The van der Waals surface area contributed by atoms with Gasteiger partial charge in [0.25, 0.3) is 5.91 Å². The molecule has 0 aliphatic heterocycles. The van der Waals surface area contributed by atoms with Crippen LogP contribution in [0.4, 0.5) is 11.4 Å². The Morgan fingerprint density at radius 3 is 2.90 bits per heavy atom. The van der Waals surface area contributed by atoms with Gasteiger partial charge in [-0.25, -0.2) is 0 Å². The molecule has 1 aromatic heterocycles. The number of H-pyrrole nitrogens is 1. The highest BCUT2D eigenvalue weighted by Gasteiger charge is 2.10. The number of nitrogens with zero attached hydrogens (tertiary/aromatic N) is 1. The number of carbonyl (C=O) groups excluding carboxylic acids is 1. The molecule has 0 saturated heterocycles. The Bertz CT molecular complexity index is 797. The van der Waals surface area contributed by atoms with Gasteiger partial charge >= 0.3 is 0 Å². The third kappa shape index (κ3) is 2.37. The fraction of sp³-hybridized carbons (Fsp3) is 0. The number of nitrogens with two attached hydrogens (primary N) is 1. The lowest BCUT2D eigenvalue weighted by molar-refractivity contribution is 0.102. The highest BCUT2D eigenvalue weighted by molar-refractivity contribution is 9.10. The van der Waals surface area contributed by atoms with Crippen LogP contribution in [0.3, 0.4) is 0 Å². The minimum atomic E-state index is -0.242. The molecule has 0 radical (unpaired) electrons. The van der Waals surface area contributed by atoms with Crippen molar-refractivity contribution in [1.29, 1.82) is 0 Å². The van der Waals surface area contributed by atoms with E-state index in [4.69, 9.17) is 5.73 Å². The number of rotatable bonds is 2. The second kappa shape index (κ2) is 4.97. The Hall–Kier alpha value is -2.34. The summed E-state index contributed by atoms with van der Waals surface area (Å²) in [4.78, 5) is 12.2. The zero-order chi connectivity index (χ0) is 14.1. The summed E-state index contributed by atoms with van der Waals surface area (Å²) in [6.45, 7) is 0. The molecule has 0 atom stereocenters. The standard InChI is InChI=1S/C14H11BrN4O/c15-9-2-4-11(12(16)5-9)14(20)18-10-3-1-8-7-17-19-13(8)6-10/h1-7H,16H2,(H,17,19)(H,18,20). The van der Waals surface area contributed by atoms with Gasteiger partial charge < -0.3 is 11.1 Å². The number of fused-ring (bicyclic) bond motifs is 1. The largest absolute Gasteiger partial charge is 0.398 e. The van der Waals surface area contributed by atoms with E-state index in [1.54, 1.807) is 24.4 Å². The zero-order valence-corrected chi connectivity index (χ0v) is 11.9. The third-order valence-corrected chi connectivity index (χ3v) is 3.45. The van der Waals surface area contributed by atoms with Crippen LogP contribution in [0.2, 0.25) is 0 Å². The van der Waals surface area contributed by atoms with Crippen LogP contribution < -0.4 is 11.1 Å². The number of hydrogen-bond acceptors (Lipinski definition) is 3. The first kappa shape index (κ1) is 12.7. The molecular weight excluding hydrogens is 320 g/mol. The van der Waals surface area contributed by atoms with Gasteiger partial charge in [0.15, 0.2) is 0 Å². The van der Waals surface area contributed by atoms with Crippen molar-refractivity contribution < 1.29 is 4.79 Å². The SMILES string of the molecule is Nc1cc(Br)ccc1C(=O)Nc1ccc2cn[nH]c2c1. The molecule has 0 saturated carbocycles. The maximum atomic E-state index is 12.2. The molecule has 0 bridgehead atoms. The van der Waals surface area contributed by atoms with E-state index in [9.17, 15) is 4.79 Å². The lowest BCUT2D eigenvalue weighted by Gasteiger charge is -2.08. The van der Waals surface area contributed by atoms with Gasteiger partial charge in [-0.2, -0.15) is 5.10 Å². The van der Waals surface area contributed by atoms with Crippen molar-refractivity contribution in [3.63, 3.8) is 0 Å². The van der Waals surface area contributed by atoms with E-state index in [1.807, 2.05) is 18.2 Å². The normalized spacial score (nSPS) is 10.7. The number of halogens is 1. The predicted molar refractivity (Wildman–Crippen MR) is 82.6 cm³/mol.